The van der Waals surface area contributed by atoms with E-state index in [0.29, 0.717) is 36.3 Å². The van der Waals surface area contributed by atoms with Crippen molar-refractivity contribution in [1.82, 2.24) is 63.1 Å². The van der Waals surface area contributed by atoms with E-state index in [0.717, 1.165) is 21.6 Å². The van der Waals surface area contributed by atoms with E-state index < -0.39 is 155 Å². The Morgan fingerprint density at radius 1 is 0.624 bits per heavy atom. The zero-order valence-corrected chi connectivity index (χ0v) is 57.5. The highest BCUT2D eigenvalue weighted by Gasteiger charge is 2.47. The first-order valence-corrected chi connectivity index (χ1v) is 34.6. The number of nitrogens with two attached hydrogens (primary N) is 9. The van der Waals surface area contributed by atoms with Crippen LogP contribution in [0.25, 0.3) is 0 Å². The molecule has 2 fully saturated rings. The van der Waals surface area contributed by atoms with Crippen molar-refractivity contribution in [2.45, 2.75) is 162 Å². The number of carboxylic acid groups (broad SMARTS) is 2. The van der Waals surface area contributed by atoms with E-state index in [1.54, 1.807) is 24.3 Å². The lowest BCUT2D eigenvalue weighted by Gasteiger charge is -2.42. The van der Waals surface area contributed by atoms with Crippen LogP contribution < -0.4 is 110 Å². The van der Waals surface area contributed by atoms with Gasteiger partial charge in [0.25, 0.3) is 0 Å². The number of aliphatic carboxylic acids is 2. The molecule has 558 valence electrons. The summed E-state index contributed by atoms with van der Waals surface area (Å²) in [5.74, 6) is -14.3. The molecular formula is C59H95N25O15S2. The summed E-state index contributed by atoms with van der Waals surface area (Å²) < 4.78 is 3.98. The molecule has 1 aromatic carbocycles. The third-order valence-corrected chi connectivity index (χ3v) is 18.9. The minimum Gasteiger partial charge on any atom is -0.497 e. The van der Waals surface area contributed by atoms with Crippen molar-refractivity contribution >= 4 is 116 Å². The maximum atomic E-state index is 15.0. The molecule has 1 aliphatic carbocycles. The van der Waals surface area contributed by atoms with Gasteiger partial charge in [-0.2, -0.15) is 0 Å². The molecule has 1 aromatic heterocycles. The number of hydrogen-bond acceptors (Lipinski definition) is 21. The molecule has 1 saturated heterocycles. The van der Waals surface area contributed by atoms with Crippen LogP contribution >= 0.6 is 21.6 Å². The molecule has 40 nitrogen and oxygen atoms in total. The average molecular weight is 1460 g/mol. The molecule has 2 aliphatic rings. The SMILES string of the molecule is COc1ccc(C[C@@H]2NC(=O)[C@H](CC(=O)O)NC(=O)CNC(=O)[C@H](CCCN=C(N)N)NC(=O)[C@@H](Cc3cnc[nH]3)NC(=O)CNC(=O)C(NC(=O)[C@@H](N)CCCN=C(N)N)C3(CCCCC3)SSC[C@@H](C(=O)N[C@@H](CCCN=C(N)N)C(=O)O)NC(=O)[C@H](CCCN=C(N)N)NC2=O)cc1. The van der Waals surface area contributed by atoms with Crippen molar-refractivity contribution in [3.8, 4) is 5.75 Å². The molecular weight excluding hydrogens is 1360 g/mol. The second-order valence-electron chi connectivity index (χ2n) is 23.6. The van der Waals surface area contributed by atoms with Crippen molar-refractivity contribution in [3.05, 3.63) is 48.0 Å². The van der Waals surface area contributed by atoms with Crippen LogP contribution in [0.2, 0.25) is 0 Å². The largest absolute Gasteiger partial charge is 0.497 e. The van der Waals surface area contributed by atoms with Gasteiger partial charge >= 0.3 is 11.9 Å². The number of guanidine groups is 4. The van der Waals surface area contributed by atoms with Gasteiger partial charge in [0, 0.05) is 56.7 Å². The van der Waals surface area contributed by atoms with Gasteiger partial charge in [-0.05, 0) is 81.9 Å². The van der Waals surface area contributed by atoms with Crippen LogP contribution in [0.4, 0.5) is 0 Å². The van der Waals surface area contributed by atoms with Crippen LogP contribution in [0.15, 0.2) is 56.8 Å². The Balaban J connectivity index is 1.95. The van der Waals surface area contributed by atoms with Crippen LogP contribution in [-0.4, -0.2) is 226 Å². The molecule has 0 bridgehead atoms. The number of nitrogens with zero attached hydrogens (tertiary/aromatic N) is 5. The number of aliphatic imine (C=N–C) groups is 4. The maximum absolute atomic E-state index is 15.0. The second-order valence-corrected chi connectivity index (χ2v) is 26.3. The van der Waals surface area contributed by atoms with E-state index in [4.69, 9.17) is 56.3 Å². The van der Waals surface area contributed by atoms with Crippen LogP contribution in [0.3, 0.4) is 0 Å². The lowest BCUT2D eigenvalue weighted by molar-refractivity contribution is -0.142. The van der Waals surface area contributed by atoms with Crippen molar-refractivity contribution in [2.24, 2.45) is 71.6 Å². The highest BCUT2D eigenvalue weighted by atomic mass is 33.1. The first kappa shape index (κ1) is 83.0. The van der Waals surface area contributed by atoms with Crippen LogP contribution in [-0.2, 0) is 70.4 Å². The number of rotatable bonds is 28. The van der Waals surface area contributed by atoms with Crippen molar-refractivity contribution in [2.75, 3.05) is 52.1 Å². The number of carbonyl (C=O) groups excluding carboxylic acids is 10. The molecule has 31 N–H and O–H groups in total. The molecule has 1 unspecified atom stereocenters. The number of aromatic amines is 1. The number of aromatic nitrogens is 2. The molecule has 10 amide bonds. The molecule has 101 heavy (non-hydrogen) atoms. The Morgan fingerprint density at radius 2 is 1.12 bits per heavy atom. The second kappa shape index (κ2) is 43.2. The van der Waals surface area contributed by atoms with Crippen molar-refractivity contribution in [3.63, 3.8) is 0 Å². The van der Waals surface area contributed by atoms with Gasteiger partial charge in [-0.3, -0.25) is 72.7 Å². The van der Waals surface area contributed by atoms with Gasteiger partial charge in [0.15, 0.2) is 23.8 Å². The number of imidazole rings is 1. The molecule has 1 spiro atoms. The van der Waals surface area contributed by atoms with E-state index in [2.05, 4.69) is 83.1 Å². The zero-order chi connectivity index (χ0) is 74.6. The van der Waals surface area contributed by atoms with E-state index in [9.17, 15) is 58.2 Å². The van der Waals surface area contributed by atoms with Gasteiger partial charge in [0.1, 0.15) is 54.1 Å². The third kappa shape index (κ3) is 30.7. The lowest BCUT2D eigenvalue weighted by atomic mass is 9.82. The summed E-state index contributed by atoms with van der Waals surface area (Å²) in [6, 6.07) is -8.21. The number of hydrogen-bond donors (Lipinski definition) is 22. The Hall–Kier alpha value is -10.4. The fraction of sp³-hybridized carbons (Fsp3) is 0.576. The van der Waals surface area contributed by atoms with Crippen molar-refractivity contribution in [1.29, 1.82) is 0 Å². The summed E-state index contributed by atoms with van der Waals surface area (Å²) in [5.41, 5.74) is 51.4. The molecule has 1 saturated carbocycles. The first-order chi connectivity index (χ1) is 48.0. The van der Waals surface area contributed by atoms with Crippen molar-refractivity contribution < 1.29 is 72.5 Å². The normalized spacial score (nSPS) is 21.4. The number of benzene rings is 1. The van der Waals surface area contributed by atoms with Crippen LogP contribution in [0.1, 0.15) is 101 Å². The van der Waals surface area contributed by atoms with E-state index in [-0.39, 0.29) is 127 Å². The number of carbonyl (C=O) groups is 12. The molecule has 0 radical (unpaired) electrons. The van der Waals surface area contributed by atoms with Gasteiger partial charge in [-0.1, -0.05) is 53.0 Å². The monoisotopic (exact) mass is 1460 g/mol. The van der Waals surface area contributed by atoms with Gasteiger partial charge < -0.3 is 125 Å². The molecule has 9 atom stereocenters. The lowest BCUT2D eigenvalue weighted by Crippen LogP contribution is -2.62. The summed E-state index contributed by atoms with van der Waals surface area (Å²) in [6.45, 7) is -1.85. The van der Waals surface area contributed by atoms with E-state index >= 15 is 9.59 Å². The smallest absolute Gasteiger partial charge is 0.326 e. The Labute approximate surface area is 589 Å². The van der Waals surface area contributed by atoms with Gasteiger partial charge in [-0.15, -0.1) is 0 Å². The summed E-state index contributed by atoms with van der Waals surface area (Å²) in [6.07, 6.45) is 2.64. The predicted molar refractivity (Wildman–Crippen MR) is 374 cm³/mol. The van der Waals surface area contributed by atoms with E-state index in [1.165, 1.54) is 19.6 Å². The van der Waals surface area contributed by atoms with Gasteiger partial charge in [0.05, 0.1) is 43.7 Å². The molecule has 2 aromatic rings. The molecule has 1 aliphatic heterocycles. The summed E-state index contributed by atoms with van der Waals surface area (Å²) in [4.78, 5) is 192. The van der Waals surface area contributed by atoms with E-state index in [1.807, 2.05) is 0 Å². The Kier molecular flexibility index (Phi) is 35.5. The van der Waals surface area contributed by atoms with Gasteiger partial charge in [-0.25, -0.2) is 9.78 Å². The minimum atomic E-state index is -1.95. The minimum absolute atomic E-state index is 0.0243. The van der Waals surface area contributed by atoms with Gasteiger partial charge in [0.2, 0.25) is 59.1 Å². The summed E-state index contributed by atoms with van der Waals surface area (Å²) in [5, 5.41) is 45.7. The molecule has 2 heterocycles. The fourth-order valence-electron chi connectivity index (χ4n) is 10.4. The average Bonchev–Trinajstić information content (AvgIpc) is 1.53. The standard InChI is InChI=1S/C59H95N25O15S2/c1-99-33-15-13-31(14-16-33)23-38-49(92)80-36(11-7-21-72-57(65)66)48(91)83-41(52(95)81-37(54(97)98)12-8-22-73-58(67)68)29-100-101-59(17-3-2-4-18-59)45(84-46(89)34(60)9-5-19-70-55(61)62)53(96)75-28-43(86)77-39(24-32-26-69-30-76-32)50(93)79-35(10-6-20-71-56(63)64)47(90)74-27-42(85)78-40(25-44(87)88)51(94)82-38/h13-16,26,30,34-41,45H,2-12,17-25,27-29,60H2,1H3,(H,69,76)(H,74,90)(H,75,96)(H,77,86)(H,78,85)(H,79,93)(H,80,92)(H,81,95)(H,82,94)(H,83,91)(H,84,89)(H,87,88)(H,97,98)(H4,61,62,70)(H4,63,64,71)(H4,65,66,72)(H4,67,68,73)/t34-,35-,36-,37-,38-,39+,40-,41-,45?/m0/s1. The molecule has 4 rings (SSSR count). The number of H-pyrrole nitrogens is 1. The first-order valence-electron chi connectivity index (χ1n) is 32.3. The number of carboxylic acids is 2. The zero-order valence-electron chi connectivity index (χ0n) is 55.9. The Bertz CT molecular complexity index is 3250. The number of methoxy groups -OCH3 is 1. The summed E-state index contributed by atoms with van der Waals surface area (Å²) in [7, 11) is 3.39. The topological polar surface area (TPSA) is 687 Å². The highest BCUT2D eigenvalue weighted by Crippen LogP contribution is 2.48. The number of ether oxygens (including phenoxy) is 1. The van der Waals surface area contributed by atoms with Crippen LogP contribution in [0, 0.1) is 0 Å². The quantitative estimate of drug-likeness (QED) is 0.0163. The predicted octanol–water partition coefficient (Wildman–Crippen LogP) is -7.49. The molecule has 42 heteroatoms. The number of amides is 10. The highest BCUT2D eigenvalue weighted by molar-refractivity contribution is 8.77. The number of nitrogens with one attached hydrogen (secondary N) is 11. The Morgan fingerprint density at radius 3 is 1.64 bits per heavy atom. The fourth-order valence-corrected chi connectivity index (χ4v) is 13.9. The summed E-state index contributed by atoms with van der Waals surface area (Å²) >= 11 is 0. The maximum Gasteiger partial charge on any atom is 0.326 e. The van der Waals surface area contributed by atoms with Crippen LogP contribution in [0.5, 0.6) is 5.75 Å². The third-order valence-electron chi connectivity index (χ3n) is 15.6.